The third-order valence-electron chi connectivity index (χ3n) is 12.4. The van der Waals surface area contributed by atoms with Crippen LogP contribution in [-0.2, 0) is 5.41 Å². The Morgan fingerprint density at radius 2 is 0.814 bits per heavy atom. The minimum absolute atomic E-state index is 0.116. The molecule has 1 heterocycles. The maximum Gasteiger partial charge on any atom is 0.0541 e. The van der Waals surface area contributed by atoms with Gasteiger partial charge in [0.05, 0.1) is 11.0 Å². The summed E-state index contributed by atoms with van der Waals surface area (Å²) >= 11 is 0. The summed E-state index contributed by atoms with van der Waals surface area (Å²) in [7, 11) is 0. The van der Waals surface area contributed by atoms with E-state index in [-0.39, 0.29) is 5.41 Å². The maximum atomic E-state index is 2.43. The van der Waals surface area contributed by atoms with Crippen LogP contribution in [-0.4, -0.2) is 4.57 Å². The van der Waals surface area contributed by atoms with Gasteiger partial charge in [0, 0.05) is 38.9 Å². The summed E-state index contributed by atoms with van der Waals surface area (Å²) in [6, 6.07) is 79.8. The van der Waals surface area contributed by atoms with E-state index >= 15 is 0 Å². The van der Waals surface area contributed by atoms with Crippen molar-refractivity contribution in [1.82, 2.24) is 4.57 Å². The van der Waals surface area contributed by atoms with E-state index < -0.39 is 0 Å². The maximum absolute atomic E-state index is 2.43. The summed E-state index contributed by atoms with van der Waals surface area (Å²) in [6.45, 7) is 4.71. The highest BCUT2D eigenvalue weighted by Gasteiger charge is 2.35. The number of hydrogen-bond donors (Lipinski definition) is 0. The summed E-state index contributed by atoms with van der Waals surface area (Å²) < 4.78 is 2.38. The molecule has 10 aromatic rings. The van der Waals surface area contributed by atoms with Crippen LogP contribution >= 0.6 is 0 Å². The molecule has 0 N–H and O–H groups in total. The lowest BCUT2D eigenvalue weighted by molar-refractivity contribution is 0.660. The van der Waals surface area contributed by atoms with Gasteiger partial charge >= 0.3 is 0 Å². The Kier molecular flexibility index (Phi) is 8.20. The number of aromatic nitrogens is 1. The molecule has 0 fully saturated rings. The number of anilines is 3. The number of nitrogens with zero attached hydrogens (tertiary/aromatic N) is 2. The van der Waals surface area contributed by atoms with Gasteiger partial charge in [0.2, 0.25) is 0 Å². The van der Waals surface area contributed by atoms with E-state index in [1.54, 1.807) is 0 Å². The van der Waals surface area contributed by atoms with Crippen LogP contribution in [0.5, 0.6) is 0 Å². The fraction of sp³-hybridized carbons (Fsp3) is 0.0526. The van der Waals surface area contributed by atoms with Crippen LogP contribution in [0.2, 0.25) is 0 Å². The predicted octanol–water partition coefficient (Wildman–Crippen LogP) is 15.6. The molecule has 2 nitrogen and oxygen atoms in total. The average molecular weight is 755 g/mol. The van der Waals surface area contributed by atoms with E-state index in [9.17, 15) is 0 Å². The van der Waals surface area contributed by atoms with Gasteiger partial charge in [-0.1, -0.05) is 172 Å². The van der Waals surface area contributed by atoms with Gasteiger partial charge < -0.3 is 9.47 Å². The molecule has 0 radical (unpaired) electrons. The fourth-order valence-corrected chi connectivity index (χ4v) is 9.48. The van der Waals surface area contributed by atoms with Crippen molar-refractivity contribution >= 4 is 38.9 Å². The molecule has 0 unspecified atom stereocenters. The molecule has 0 spiro atoms. The smallest absolute Gasteiger partial charge is 0.0541 e. The molecule has 1 aromatic heterocycles. The van der Waals surface area contributed by atoms with Gasteiger partial charge in [-0.05, 0) is 116 Å². The van der Waals surface area contributed by atoms with Crippen LogP contribution in [0.3, 0.4) is 0 Å². The lowest BCUT2D eigenvalue weighted by atomic mass is 9.82. The minimum Gasteiger partial charge on any atom is -0.310 e. The van der Waals surface area contributed by atoms with E-state index in [4.69, 9.17) is 0 Å². The molecule has 1 aliphatic carbocycles. The first-order valence-corrected chi connectivity index (χ1v) is 20.5. The van der Waals surface area contributed by atoms with Gasteiger partial charge in [0.25, 0.3) is 0 Å². The van der Waals surface area contributed by atoms with Crippen LogP contribution in [0, 0.1) is 0 Å². The molecule has 280 valence electrons. The zero-order valence-electron chi connectivity index (χ0n) is 33.2. The Hall–Kier alpha value is -7.42. The van der Waals surface area contributed by atoms with Gasteiger partial charge in [0.15, 0.2) is 0 Å². The van der Waals surface area contributed by atoms with Gasteiger partial charge in [0.1, 0.15) is 0 Å². The van der Waals surface area contributed by atoms with Gasteiger partial charge in [-0.25, -0.2) is 0 Å². The summed E-state index contributed by atoms with van der Waals surface area (Å²) in [5.74, 6) is 0. The van der Waals surface area contributed by atoms with Crippen molar-refractivity contribution in [3.8, 4) is 50.2 Å². The Labute approximate surface area is 345 Å². The Morgan fingerprint density at radius 1 is 0.339 bits per heavy atom. The number of hydrogen-bond acceptors (Lipinski definition) is 1. The molecule has 11 rings (SSSR count). The monoisotopic (exact) mass is 754 g/mol. The third kappa shape index (κ3) is 5.79. The second kappa shape index (κ2) is 13.9. The van der Waals surface area contributed by atoms with Crippen molar-refractivity contribution in [1.29, 1.82) is 0 Å². The number of fused-ring (bicyclic) bond motifs is 6. The molecule has 9 aromatic carbocycles. The highest BCUT2D eigenvalue weighted by atomic mass is 15.1. The molecule has 59 heavy (non-hydrogen) atoms. The van der Waals surface area contributed by atoms with Gasteiger partial charge in [-0.2, -0.15) is 0 Å². The van der Waals surface area contributed by atoms with Crippen LogP contribution in [0.1, 0.15) is 25.0 Å². The number of para-hydroxylation sites is 2. The zero-order valence-corrected chi connectivity index (χ0v) is 33.2. The first-order valence-electron chi connectivity index (χ1n) is 20.5. The van der Waals surface area contributed by atoms with Crippen molar-refractivity contribution in [3.05, 3.63) is 230 Å². The van der Waals surface area contributed by atoms with Crippen LogP contribution in [0.4, 0.5) is 17.1 Å². The Bertz CT molecular complexity index is 3100. The lowest BCUT2D eigenvalue weighted by Gasteiger charge is -2.29. The highest BCUT2D eigenvalue weighted by Crippen LogP contribution is 2.51. The standard InChI is InChI=1S/C57H42N2/c1-57(2)53-22-12-9-19-48(53)49-36-34-46(38-54(49)57)58(43-29-25-40(26-30-43)39-15-5-3-6-16-39)45-33-35-47(52(37-45)41-17-7-4-8-18-41)42-27-31-44(32-28-42)59-55-23-13-10-20-50(55)51-21-11-14-24-56(51)59/h3-38H,1-2H3. The first-order chi connectivity index (χ1) is 29.0. The van der Waals surface area contributed by atoms with E-state index in [1.165, 1.54) is 77.4 Å². The first kappa shape index (κ1) is 34.8. The second-order valence-electron chi connectivity index (χ2n) is 16.2. The summed E-state index contributed by atoms with van der Waals surface area (Å²) in [5, 5.41) is 2.54. The van der Waals surface area contributed by atoms with E-state index in [2.05, 4.69) is 242 Å². The Balaban J connectivity index is 1.05. The number of benzene rings is 9. The molecule has 0 bridgehead atoms. The Morgan fingerprint density at radius 3 is 1.49 bits per heavy atom. The van der Waals surface area contributed by atoms with Crippen molar-refractivity contribution in [2.45, 2.75) is 19.3 Å². The van der Waals surface area contributed by atoms with E-state index in [0.717, 1.165) is 22.7 Å². The zero-order chi connectivity index (χ0) is 39.5. The normalized spacial score (nSPS) is 12.7. The van der Waals surface area contributed by atoms with Crippen molar-refractivity contribution < 1.29 is 0 Å². The van der Waals surface area contributed by atoms with Crippen molar-refractivity contribution in [2.24, 2.45) is 0 Å². The summed E-state index contributed by atoms with van der Waals surface area (Å²) in [5.41, 5.74) is 19.3. The molecular formula is C57H42N2. The molecule has 1 aliphatic rings. The fourth-order valence-electron chi connectivity index (χ4n) is 9.48. The highest BCUT2D eigenvalue weighted by molar-refractivity contribution is 6.09. The predicted molar refractivity (Wildman–Crippen MR) is 249 cm³/mol. The molecule has 2 heteroatoms. The topological polar surface area (TPSA) is 8.17 Å². The lowest BCUT2D eigenvalue weighted by Crippen LogP contribution is -2.16. The second-order valence-corrected chi connectivity index (χ2v) is 16.2. The number of rotatable bonds is 7. The largest absolute Gasteiger partial charge is 0.310 e. The molecule has 0 atom stereocenters. The molecular weight excluding hydrogens is 713 g/mol. The van der Waals surface area contributed by atoms with Crippen LogP contribution < -0.4 is 4.90 Å². The van der Waals surface area contributed by atoms with Crippen LogP contribution in [0.15, 0.2) is 218 Å². The van der Waals surface area contributed by atoms with Crippen molar-refractivity contribution in [2.75, 3.05) is 4.90 Å². The van der Waals surface area contributed by atoms with Crippen LogP contribution in [0.25, 0.3) is 72.0 Å². The van der Waals surface area contributed by atoms with Crippen molar-refractivity contribution in [3.63, 3.8) is 0 Å². The SMILES string of the molecule is CC1(C)c2ccccc2-c2ccc(N(c3ccc(-c4ccccc4)cc3)c3ccc(-c4ccc(-n5c6ccccc6c6ccccc65)cc4)c(-c4ccccc4)c3)cc21. The van der Waals surface area contributed by atoms with E-state index in [0.29, 0.717) is 0 Å². The molecule has 0 aliphatic heterocycles. The minimum atomic E-state index is -0.116. The van der Waals surface area contributed by atoms with E-state index in [1.807, 2.05) is 0 Å². The summed E-state index contributed by atoms with van der Waals surface area (Å²) in [4.78, 5) is 2.43. The summed E-state index contributed by atoms with van der Waals surface area (Å²) in [6.07, 6.45) is 0. The third-order valence-corrected chi connectivity index (χ3v) is 12.4. The van der Waals surface area contributed by atoms with Gasteiger partial charge in [-0.3, -0.25) is 0 Å². The molecule has 0 saturated heterocycles. The molecule has 0 saturated carbocycles. The average Bonchev–Trinajstić information content (AvgIpc) is 3.75. The molecule has 0 amide bonds. The van der Waals surface area contributed by atoms with Gasteiger partial charge in [-0.15, -0.1) is 0 Å². The quantitative estimate of drug-likeness (QED) is 0.157.